The number of hydrogen-bond donors (Lipinski definition) is 5. The fourth-order valence-electron chi connectivity index (χ4n) is 13.2. The number of benzene rings is 2. The predicted molar refractivity (Wildman–Crippen MR) is 335 cm³/mol. The number of hydrogen-bond acceptors (Lipinski definition) is 18. The molecule has 5 N–H and O–H groups in total. The van der Waals surface area contributed by atoms with Crippen LogP contribution in [0.15, 0.2) is 54.2 Å². The lowest BCUT2D eigenvalue weighted by Crippen LogP contribution is -2.66. The highest BCUT2D eigenvalue weighted by Gasteiger charge is 2.43. The van der Waals surface area contributed by atoms with Crippen molar-refractivity contribution in [1.82, 2.24) is 55.8 Å². The number of nitrogens with one attached hydrogen (secondary N) is 5. The minimum Gasteiger partial charge on any atom is -0.492 e. The SMILES string of the molecule is CN[C@@H](C)C(=O)N[C@H](C(=O)N1CCC[C@H]1c1nc(C(=O)c2cccc(OCCNC(=O)CN3CCN(CCOCCNc4cc(N5CCC6(CC5)CN(c5cc(F)c(CN7CCC(C)(C)CC7)cc5F)CC(=O)N6)ncn4)CC3)c2)cs1)C1CCCCC1. The maximum atomic E-state index is 15.7. The number of carbonyl (C=O) groups is 5. The molecule has 10 rings (SSSR count). The molecule has 2 aromatic heterocycles. The number of likely N-dealkylation sites (tertiary alicyclic amines) is 2. The van der Waals surface area contributed by atoms with Gasteiger partial charge in [0.2, 0.25) is 29.4 Å². The lowest BCUT2D eigenvalue weighted by Gasteiger charge is -2.48. The second-order valence-corrected chi connectivity index (χ2v) is 26.5. The van der Waals surface area contributed by atoms with E-state index in [1.54, 1.807) is 48.5 Å². The van der Waals surface area contributed by atoms with E-state index < -0.39 is 29.3 Å². The van der Waals surface area contributed by atoms with Gasteiger partial charge in [-0.15, -0.1) is 11.3 Å². The molecule has 1 saturated carbocycles. The molecule has 5 saturated heterocycles. The third kappa shape index (κ3) is 16.9. The van der Waals surface area contributed by atoms with Crippen molar-refractivity contribution in [3.05, 3.63) is 87.6 Å². The third-order valence-electron chi connectivity index (χ3n) is 18.8. The molecule has 1 aliphatic carbocycles. The lowest BCUT2D eigenvalue weighted by molar-refractivity contribution is -0.139. The van der Waals surface area contributed by atoms with Crippen LogP contribution >= 0.6 is 11.3 Å². The van der Waals surface area contributed by atoms with Crippen LogP contribution in [-0.4, -0.2) is 207 Å². The molecule has 21 nitrogen and oxygen atoms in total. The largest absolute Gasteiger partial charge is 0.492 e. The molecule has 1 spiro atoms. The zero-order valence-electron chi connectivity index (χ0n) is 51.8. The number of piperazine rings is 2. The van der Waals surface area contributed by atoms with Crippen LogP contribution in [0.4, 0.5) is 26.1 Å². The number of rotatable bonds is 25. The molecule has 3 atom stereocenters. The maximum Gasteiger partial charge on any atom is 0.246 e. The number of ether oxygens (including phenoxy) is 2. The Hall–Kier alpha value is -6.44. The summed E-state index contributed by atoms with van der Waals surface area (Å²) in [6, 6.07) is 10.2. The van der Waals surface area contributed by atoms with Gasteiger partial charge in [0.15, 0.2) is 0 Å². The summed E-state index contributed by atoms with van der Waals surface area (Å²) >= 11 is 1.38. The van der Waals surface area contributed by atoms with Crippen molar-refractivity contribution < 1.29 is 42.2 Å². The van der Waals surface area contributed by atoms with Gasteiger partial charge in [0.25, 0.3) is 0 Å². The average molecular weight is 1240 g/mol. The number of aromatic nitrogens is 3. The van der Waals surface area contributed by atoms with Crippen molar-refractivity contribution in [1.29, 1.82) is 0 Å². The molecule has 0 unspecified atom stereocenters. The molecule has 0 radical (unpaired) electrons. The van der Waals surface area contributed by atoms with Crippen molar-refractivity contribution in [3.63, 3.8) is 0 Å². The van der Waals surface area contributed by atoms with Crippen LogP contribution in [0.1, 0.15) is 124 Å². The van der Waals surface area contributed by atoms with Crippen LogP contribution in [0.3, 0.4) is 0 Å². The summed E-state index contributed by atoms with van der Waals surface area (Å²) in [4.78, 5) is 93.2. The topological polar surface area (TPSA) is 222 Å². The van der Waals surface area contributed by atoms with Gasteiger partial charge in [0.05, 0.1) is 56.2 Å². The molecule has 4 amide bonds. The lowest BCUT2D eigenvalue weighted by atomic mass is 9.82. The van der Waals surface area contributed by atoms with E-state index in [1.165, 1.54) is 29.8 Å². The summed E-state index contributed by atoms with van der Waals surface area (Å²) in [5.41, 5.74) is 0.891. The first-order valence-electron chi connectivity index (χ1n) is 31.9. The number of amides is 4. The van der Waals surface area contributed by atoms with E-state index in [9.17, 15) is 24.0 Å². The molecule has 6 fully saturated rings. The first-order valence-corrected chi connectivity index (χ1v) is 32.8. The van der Waals surface area contributed by atoms with Gasteiger partial charge in [-0.25, -0.2) is 23.7 Å². The summed E-state index contributed by atoms with van der Waals surface area (Å²) in [6.07, 6.45) is 11.4. The van der Waals surface area contributed by atoms with Gasteiger partial charge in [-0.05, 0) is 108 Å². The number of ketones is 1. The second-order valence-electron chi connectivity index (χ2n) is 25.6. The Bertz CT molecular complexity index is 3030. The van der Waals surface area contributed by atoms with Gasteiger partial charge >= 0.3 is 0 Å². The van der Waals surface area contributed by atoms with E-state index in [0.717, 1.165) is 109 Å². The molecule has 5 aliphatic heterocycles. The monoisotopic (exact) mass is 1240 g/mol. The van der Waals surface area contributed by atoms with Gasteiger partial charge in [-0.3, -0.25) is 38.7 Å². The summed E-state index contributed by atoms with van der Waals surface area (Å²) in [5, 5.41) is 18.0. The summed E-state index contributed by atoms with van der Waals surface area (Å²) in [6.45, 7) is 16.9. The molecular formula is C64H90F2N14O7S. The van der Waals surface area contributed by atoms with Crippen LogP contribution in [0.5, 0.6) is 5.75 Å². The number of nitrogens with zero attached hydrogens (tertiary/aromatic N) is 9. The van der Waals surface area contributed by atoms with Crippen LogP contribution < -0.4 is 41.1 Å². The molecule has 478 valence electrons. The fraction of sp³-hybridized carbons (Fsp3) is 0.625. The molecule has 6 aliphatic rings. The zero-order valence-corrected chi connectivity index (χ0v) is 52.6. The van der Waals surface area contributed by atoms with Gasteiger partial charge in [0.1, 0.15) is 58.7 Å². The predicted octanol–water partition coefficient (Wildman–Crippen LogP) is 5.62. The summed E-state index contributed by atoms with van der Waals surface area (Å²) in [7, 11) is 1.73. The Morgan fingerprint density at radius 2 is 1.59 bits per heavy atom. The minimum atomic E-state index is -0.597. The fourth-order valence-corrected chi connectivity index (χ4v) is 14.1. The summed E-state index contributed by atoms with van der Waals surface area (Å²) in [5.74, 6) is 0.295. The Labute approximate surface area is 520 Å². The highest BCUT2D eigenvalue weighted by Crippen LogP contribution is 2.38. The Morgan fingerprint density at radius 3 is 2.36 bits per heavy atom. The number of carbonyl (C=O) groups excluding carboxylic acids is 5. The number of halogens is 2. The number of piperidine rings is 2. The van der Waals surface area contributed by atoms with Gasteiger partial charge in [-0.2, -0.15) is 0 Å². The third-order valence-corrected chi connectivity index (χ3v) is 19.7. The Kier molecular flexibility index (Phi) is 21.9. The van der Waals surface area contributed by atoms with Gasteiger partial charge in [-0.1, -0.05) is 45.2 Å². The first-order chi connectivity index (χ1) is 42.5. The smallest absolute Gasteiger partial charge is 0.246 e. The normalized spacial score (nSPS) is 21.0. The van der Waals surface area contributed by atoms with E-state index in [1.807, 2.05) is 11.0 Å². The van der Waals surface area contributed by atoms with E-state index in [0.29, 0.717) is 105 Å². The minimum absolute atomic E-state index is 0.0324. The molecule has 24 heteroatoms. The molecule has 7 heterocycles. The molecule has 0 bridgehead atoms. The number of anilines is 3. The zero-order chi connectivity index (χ0) is 61.8. The Balaban J connectivity index is 0.584. The van der Waals surface area contributed by atoms with E-state index >= 15 is 8.78 Å². The van der Waals surface area contributed by atoms with Crippen LogP contribution in [0.2, 0.25) is 0 Å². The molecule has 88 heavy (non-hydrogen) atoms. The van der Waals surface area contributed by atoms with Crippen molar-refractivity contribution >= 4 is 58.1 Å². The summed E-state index contributed by atoms with van der Waals surface area (Å²) < 4.78 is 43.2. The second kappa shape index (κ2) is 29.9. The maximum absolute atomic E-state index is 15.7. The quantitative estimate of drug-likeness (QED) is 0.0402. The highest BCUT2D eigenvalue weighted by molar-refractivity contribution is 7.10. The van der Waals surface area contributed by atoms with E-state index in [2.05, 4.69) is 70.0 Å². The highest BCUT2D eigenvalue weighted by atomic mass is 32.1. The van der Waals surface area contributed by atoms with Gasteiger partial charge in [0, 0.05) is 101 Å². The van der Waals surface area contributed by atoms with E-state index in [4.69, 9.17) is 14.5 Å². The first kappa shape index (κ1) is 64.5. The molecular weight excluding hydrogens is 1150 g/mol. The van der Waals surface area contributed by atoms with E-state index in [-0.39, 0.29) is 72.2 Å². The van der Waals surface area contributed by atoms with Crippen LogP contribution in [-0.2, 0) is 30.5 Å². The Morgan fingerprint density at radius 1 is 0.818 bits per heavy atom. The standard InChI is InChI=1S/C64H90F2N14O7S/c1-44(67-4)60(84)73-58(45-10-6-5-7-11-45)62(85)80-21-9-14-52(80)61-72-51(41-88-61)59(83)46-12-8-13-48(34-46)87-32-20-69-56(81)39-77-28-26-75(27-29-77)30-33-86-31-19-68-54-37-55(71-43-70-54)78-24-17-64(18-25-78)42-79(40-57(82)74-64)53-36-49(65)47(35-50(53)66)38-76-22-15-63(2,3)16-23-76/h8,12-13,34-37,41,43-45,52,58,67H,5-7,9-11,14-33,38-40,42H2,1-4H3,(H,69,81)(H,73,84)(H,74,82)(H,68,70,71)/t44-,52-,58-/m0/s1. The van der Waals surface area contributed by atoms with Crippen molar-refractivity contribution in [3.8, 4) is 5.75 Å². The van der Waals surface area contributed by atoms with Crippen molar-refractivity contribution in [2.75, 3.05) is 140 Å². The molecule has 2 aromatic carbocycles. The van der Waals surface area contributed by atoms with Crippen molar-refractivity contribution in [2.24, 2.45) is 11.3 Å². The van der Waals surface area contributed by atoms with Crippen LogP contribution in [0, 0.1) is 23.0 Å². The number of likely N-dealkylation sites (N-methyl/N-ethyl adjacent to an activating group) is 1. The molecule has 4 aromatic rings. The van der Waals surface area contributed by atoms with Crippen LogP contribution in [0.25, 0.3) is 0 Å². The number of thiazole rings is 1. The van der Waals surface area contributed by atoms with Crippen molar-refractivity contribution in [2.45, 2.75) is 122 Å². The van der Waals surface area contributed by atoms with Gasteiger partial charge < -0.3 is 50.8 Å². The average Bonchev–Trinajstić information content (AvgIpc) is 1.48.